The van der Waals surface area contributed by atoms with Gasteiger partial charge in [-0.3, -0.25) is 9.59 Å². The van der Waals surface area contributed by atoms with Crippen LogP contribution in [0.5, 0.6) is 0 Å². The summed E-state index contributed by atoms with van der Waals surface area (Å²) in [5.74, 6) is -1.68. The molecule has 5 N–H and O–H groups in total. The van der Waals surface area contributed by atoms with Gasteiger partial charge in [-0.25, -0.2) is 4.79 Å². The van der Waals surface area contributed by atoms with E-state index in [9.17, 15) is 14.4 Å². The minimum atomic E-state index is -1.14. The zero-order valence-corrected chi connectivity index (χ0v) is 9.53. The maximum atomic E-state index is 11.3. The number of nitrogens with one attached hydrogen (secondary N) is 2. The molecule has 3 amide bonds. The van der Waals surface area contributed by atoms with E-state index in [0.717, 1.165) is 0 Å². The van der Waals surface area contributed by atoms with Gasteiger partial charge in [0.25, 0.3) is 0 Å². The Bertz CT molecular complexity index is 301. The molecule has 0 aromatic rings. The third kappa shape index (κ3) is 5.84. The van der Waals surface area contributed by atoms with Crippen LogP contribution in [0, 0.1) is 0 Å². The van der Waals surface area contributed by atoms with E-state index >= 15 is 0 Å². The summed E-state index contributed by atoms with van der Waals surface area (Å²) in [6, 6.07) is -1.65. The number of amides is 3. The predicted octanol–water partition coefficient (Wildman–Crippen LogP) is -0.587. The van der Waals surface area contributed by atoms with Crippen LogP contribution in [0.4, 0.5) is 4.79 Å². The van der Waals surface area contributed by atoms with Crippen LogP contribution in [-0.4, -0.2) is 34.6 Å². The zero-order chi connectivity index (χ0) is 12.9. The van der Waals surface area contributed by atoms with Crippen LogP contribution in [0.3, 0.4) is 0 Å². The molecule has 0 bridgehead atoms. The van der Waals surface area contributed by atoms with Crippen LogP contribution in [0.2, 0.25) is 0 Å². The Labute approximate surface area is 93.4 Å². The van der Waals surface area contributed by atoms with Gasteiger partial charge < -0.3 is 21.5 Å². The fourth-order valence-electron chi connectivity index (χ4n) is 1.08. The zero-order valence-electron chi connectivity index (χ0n) is 9.53. The van der Waals surface area contributed by atoms with Crippen molar-refractivity contribution in [2.45, 2.75) is 38.8 Å². The number of carboxylic acids is 1. The molecular weight excluding hydrogens is 214 g/mol. The second-order valence-corrected chi connectivity index (χ2v) is 4.19. The summed E-state index contributed by atoms with van der Waals surface area (Å²) in [5.41, 5.74) is 4.19. The molecule has 0 aliphatic carbocycles. The lowest BCUT2D eigenvalue weighted by molar-refractivity contribution is -0.138. The molecule has 1 unspecified atom stereocenters. The highest BCUT2D eigenvalue weighted by atomic mass is 16.4. The monoisotopic (exact) mass is 231 g/mol. The first-order valence-corrected chi connectivity index (χ1v) is 4.74. The first kappa shape index (κ1) is 14.2. The molecule has 0 radical (unpaired) electrons. The van der Waals surface area contributed by atoms with Crippen molar-refractivity contribution in [2.75, 3.05) is 0 Å². The van der Waals surface area contributed by atoms with Gasteiger partial charge in [-0.1, -0.05) is 0 Å². The number of primary amides is 1. The number of aliphatic carboxylic acids is 1. The molecule has 0 aliphatic rings. The van der Waals surface area contributed by atoms with E-state index in [0.29, 0.717) is 0 Å². The lowest BCUT2D eigenvalue weighted by Gasteiger charge is -2.25. The van der Waals surface area contributed by atoms with Crippen LogP contribution >= 0.6 is 0 Å². The Morgan fingerprint density at radius 1 is 1.38 bits per heavy atom. The number of carbonyl (C=O) groups is 3. The summed E-state index contributed by atoms with van der Waals surface area (Å²) >= 11 is 0. The summed E-state index contributed by atoms with van der Waals surface area (Å²) < 4.78 is 0. The highest BCUT2D eigenvalue weighted by Crippen LogP contribution is 2.06. The fraction of sp³-hybridized carbons (Fsp3) is 0.667. The molecule has 7 heteroatoms. The largest absolute Gasteiger partial charge is 0.480 e. The van der Waals surface area contributed by atoms with Crippen molar-refractivity contribution in [2.24, 2.45) is 5.73 Å². The topological polar surface area (TPSA) is 122 Å². The van der Waals surface area contributed by atoms with Crippen molar-refractivity contribution in [1.29, 1.82) is 0 Å². The molecular formula is C9H17N3O4. The van der Waals surface area contributed by atoms with Gasteiger partial charge in [0.2, 0.25) is 5.91 Å². The number of rotatable bonds is 5. The first-order valence-electron chi connectivity index (χ1n) is 4.74. The summed E-state index contributed by atoms with van der Waals surface area (Å²) in [7, 11) is 0. The van der Waals surface area contributed by atoms with Gasteiger partial charge >= 0.3 is 12.0 Å². The van der Waals surface area contributed by atoms with E-state index in [1.165, 1.54) is 6.92 Å². The predicted molar refractivity (Wildman–Crippen MR) is 56.7 cm³/mol. The average molecular weight is 231 g/mol. The third-order valence-electron chi connectivity index (χ3n) is 1.79. The van der Waals surface area contributed by atoms with Crippen LogP contribution < -0.4 is 16.4 Å². The van der Waals surface area contributed by atoms with E-state index < -0.39 is 29.5 Å². The standard InChI is InChI=1S/C9H17N3O4/c1-5(7(14)15)11-8(16)12-9(2,3)4-6(10)13/h5H,4H2,1-3H3,(H2,10,13)(H,14,15)(H2,11,12,16). The Balaban J connectivity index is 4.23. The van der Waals surface area contributed by atoms with E-state index in [4.69, 9.17) is 10.8 Å². The summed E-state index contributed by atoms with van der Waals surface area (Å²) in [6.45, 7) is 4.56. The Kier molecular flexibility index (Phi) is 4.74. The maximum Gasteiger partial charge on any atom is 0.325 e. The van der Waals surface area contributed by atoms with Gasteiger partial charge in [0, 0.05) is 12.0 Å². The summed E-state index contributed by atoms with van der Waals surface area (Å²) in [5, 5.41) is 13.2. The molecule has 0 saturated heterocycles. The SMILES string of the molecule is CC(NC(=O)NC(C)(C)CC(N)=O)C(=O)O. The van der Waals surface area contributed by atoms with Gasteiger partial charge in [-0.05, 0) is 20.8 Å². The molecule has 16 heavy (non-hydrogen) atoms. The lowest BCUT2D eigenvalue weighted by atomic mass is 10.0. The molecule has 0 rings (SSSR count). The molecule has 0 fully saturated rings. The van der Waals surface area contributed by atoms with E-state index in [2.05, 4.69) is 10.6 Å². The van der Waals surface area contributed by atoms with Crippen LogP contribution in [0.25, 0.3) is 0 Å². The highest BCUT2D eigenvalue weighted by Gasteiger charge is 2.24. The van der Waals surface area contributed by atoms with Crippen molar-refractivity contribution in [3.05, 3.63) is 0 Å². The highest BCUT2D eigenvalue weighted by molar-refractivity contribution is 5.83. The van der Waals surface area contributed by atoms with Gasteiger partial charge in [0.05, 0.1) is 0 Å². The van der Waals surface area contributed by atoms with Crippen LogP contribution in [0.1, 0.15) is 27.2 Å². The Hall–Kier alpha value is -1.79. The number of carboxylic acid groups (broad SMARTS) is 1. The average Bonchev–Trinajstić information content (AvgIpc) is 1.98. The second-order valence-electron chi connectivity index (χ2n) is 4.19. The first-order chi connectivity index (χ1) is 7.14. The number of hydrogen-bond donors (Lipinski definition) is 4. The van der Waals surface area contributed by atoms with Crippen molar-refractivity contribution < 1.29 is 19.5 Å². The van der Waals surface area contributed by atoms with Gasteiger partial charge in [0.1, 0.15) is 6.04 Å². The van der Waals surface area contributed by atoms with Gasteiger partial charge in [-0.15, -0.1) is 0 Å². The summed E-state index contributed by atoms with van der Waals surface area (Å²) in [4.78, 5) is 32.5. The van der Waals surface area contributed by atoms with Crippen LogP contribution in [-0.2, 0) is 9.59 Å². The number of nitrogens with two attached hydrogens (primary N) is 1. The molecule has 0 aliphatic heterocycles. The van der Waals surface area contributed by atoms with Gasteiger partial charge in [0.15, 0.2) is 0 Å². The molecule has 0 aromatic carbocycles. The number of hydrogen-bond acceptors (Lipinski definition) is 3. The second kappa shape index (κ2) is 5.34. The molecule has 0 spiro atoms. The molecule has 0 aromatic heterocycles. The lowest BCUT2D eigenvalue weighted by Crippen LogP contribution is -2.53. The molecule has 1 atom stereocenters. The maximum absolute atomic E-state index is 11.3. The van der Waals surface area contributed by atoms with Crippen molar-refractivity contribution in [3.63, 3.8) is 0 Å². The molecule has 0 heterocycles. The Morgan fingerprint density at radius 2 is 1.88 bits per heavy atom. The minimum absolute atomic E-state index is 0.0259. The molecule has 0 saturated carbocycles. The molecule has 92 valence electrons. The fourth-order valence-corrected chi connectivity index (χ4v) is 1.08. The van der Waals surface area contributed by atoms with E-state index in [-0.39, 0.29) is 6.42 Å². The quantitative estimate of drug-likeness (QED) is 0.505. The minimum Gasteiger partial charge on any atom is -0.480 e. The summed E-state index contributed by atoms with van der Waals surface area (Å²) in [6.07, 6.45) is -0.0259. The third-order valence-corrected chi connectivity index (χ3v) is 1.79. The van der Waals surface area contributed by atoms with E-state index in [1.54, 1.807) is 13.8 Å². The number of carbonyl (C=O) groups excluding carboxylic acids is 2. The molecule has 7 nitrogen and oxygen atoms in total. The van der Waals surface area contributed by atoms with Crippen molar-refractivity contribution >= 4 is 17.9 Å². The van der Waals surface area contributed by atoms with E-state index in [1.807, 2.05) is 0 Å². The number of urea groups is 1. The van der Waals surface area contributed by atoms with Crippen molar-refractivity contribution in [3.8, 4) is 0 Å². The van der Waals surface area contributed by atoms with Gasteiger partial charge in [-0.2, -0.15) is 0 Å². The Morgan fingerprint density at radius 3 is 2.25 bits per heavy atom. The normalized spacial score (nSPS) is 12.7. The van der Waals surface area contributed by atoms with Crippen molar-refractivity contribution in [1.82, 2.24) is 10.6 Å². The van der Waals surface area contributed by atoms with Crippen LogP contribution in [0.15, 0.2) is 0 Å². The smallest absolute Gasteiger partial charge is 0.325 e.